The zero-order valence-corrected chi connectivity index (χ0v) is 10.9. The molecule has 3 heteroatoms. The lowest BCUT2D eigenvalue weighted by molar-refractivity contribution is -0.156. The van der Waals surface area contributed by atoms with Crippen molar-refractivity contribution in [1.29, 1.82) is 0 Å². The average molecular weight is 248 g/mol. The Hall–Kier alpha value is -1.61. The highest BCUT2D eigenvalue weighted by molar-refractivity contribution is 5.77. The van der Waals surface area contributed by atoms with Crippen LogP contribution in [0.2, 0.25) is 0 Å². The summed E-state index contributed by atoms with van der Waals surface area (Å²) in [6.45, 7) is 3.58. The topological polar surface area (TPSA) is 46.5 Å². The number of allylic oxidation sites excluding steroid dienone is 1. The van der Waals surface area contributed by atoms with Crippen LogP contribution in [-0.4, -0.2) is 24.3 Å². The van der Waals surface area contributed by atoms with E-state index in [9.17, 15) is 9.90 Å². The molecule has 0 amide bonds. The predicted octanol–water partition coefficient (Wildman–Crippen LogP) is 2.65. The number of aliphatic hydroxyl groups is 1. The first kappa shape index (κ1) is 14.5. The summed E-state index contributed by atoms with van der Waals surface area (Å²) in [5.74, 6) is -0.356. The Kier molecular flexibility index (Phi) is 5.59. The SMILES string of the molecule is CCOC(=O)[C@](C)(CO)C/C=C/c1ccccc1. The second-order valence-electron chi connectivity index (χ2n) is 4.46. The van der Waals surface area contributed by atoms with E-state index in [0.717, 1.165) is 5.56 Å². The molecule has 0 unspecified atom stereocenters. The molecule has 1 atom stereocenters. The quantitative estimate of drug-likeness (QED) is 0.787. The van der Waals surface area contributed by atoms with Gasteiger partial charge in [0.2, 0.25) is 0 Å². The number of benzene rings is 1. The molecule has 1 aromatic carbocycles. The monoisotopic (exact) mass is 248 g/mol. The number of esters is 1. The minimum atomic E-state index is -0.860. The van der Waals surface area contributed by atoms with Crippen molar-refractivity contribution in [3.8, 4) is 0 Å². The molecular weight excluding hydrogens is 228 g/mol. The van der Waals surface area contributed by atoms with Gasteiger partial charge in [-0.2, -0.15) is 0 Å². The molecule has 3 nitrogen and oxygen atoms in total. The number of hydrogen-bond acceptors (Lipinski definition) is 3. The van der Waals surface area contributed by atoms with Crippen molar-refractivity contribution in [2.75, 3.05) is 13.2 Å². The number of carbonyl (C=O) groups excluding carboxylic acids is 1. The van der Waals surface area contributed by atoms with Crippen molar-refractivity contribution < 1.29 is 14.6 Å². The van der Waals surface area contributed by atoms with Crippen molar-refractivity contribution >= 4 is 12.0 Å². The number of ether oxygens (including phenoxy) is 1. The molecule has 0 heterocycles. The number of carbonyl (C=O) groups is 1. The van der Waals surface area contributed by atoms with Crippen LogP contribution in [0.4, 0.5) is 0 Å². The minimum absolute atomic E-state index is 0.217. The van der Waals surface area contributed by atoms with E-state index in [-0.39, 0.29) is 12.6 Å². The molecule has 0 saturated carbocycles. The summed E-state index contributed by atoms with van der Waals surface area (Å²) in [4.78, 5) is 11.7. The lowest BCUT2D eigenvalue weighted by Crippen LogP contribution is -2.33. The van der Waals surface area contributed by atoms with Crippen molar-refractivity contribution in [2.45, 2.75) is 20.3 Å². The summed E-state index contributed by atoms with van der Waals surface area (Å²) >= 11 is 0. The second-order valence-corrected chi connectivity index (χ2v) is 4.46. The molecule has 98 valence electrons. The summed E-state index contributed by atoms with van der Waals surface area (Å²) in [7, 11) is 0. The Morgan fingerprint density at radius 3 is 2.61 bits per heavy atom. The summed E-state index contributed by atoms with van der Waals surface area (Å²) in [6.07, 6.45) is 4.28. The van der Waals surface area contributed by atoms with Crippen LogP contribution in [0.5, 0.6) is 0 Å². The van der Waals surface area contributed by atoms with E-state index >= 15 is 0 Å². The predicted molar refractivity (Wildman–Crippen MR) is 71.9 cm³/mol. The van der Waals surface area contributed by atoms with Crippen LogP contribution in [0.3, 0.4) is 0 Å². The van der Waals surface area contributed by atoms with Gasteiger partial charge in [-0.15, -0.1) is 0 Å². The fourth-order valence-electron chi connectivity index (χ4n) is 1.54. The molecule has 0 saturated heterocycles. The van der Waals surface area contributed by atoms with Gasteiger partial charge < -0.3 is 9.84 Å². The molecule has 1 aromatic rings. The Bertz CT molecular complexity index is 397. The van der Waals surface area contributed by atoms with E-state index in [0.29, 0.717) is 13.0 Å². The fourth-order valence-corrected chi connectivity index (χ4v) is 1.54. The lowest BCUT2D eigenvalue weighted by Gasteiger charge is -2.23. The molecule has 1 N–H and O–H groups in total. The standard InChI is InChI=1S/C15H20O3/c1-3-18-14(17)15(2,12-16)11-7-10-13-8-5-4-6-9-13/h4-10,16H,3,11-12H2,1-2H3/b10-7+/t15-/m0/s1. The van der Waals surface area contributed by atoms with Crippen molar-refractivity contribution in [2.24, 2.45) is 5.41 Å². The van der Waals surface area contributed by atoms with Gasteiger partial charge in [-0.25, -0.2) is 0 Å². The molecule has 0 radical (unpaired) electrons. The minimum Gasteiger partial charge on any atom is -0.465 e. The van der Waals surface area contributed by atoms with Crippen LogP contribution in [0.25, 0.3) is 6.08 Å². The smallest absolute Gasteiger partial charge is 0.314 e. The van der Waals surface area contributed by atoms with Crippen molar-refractivity contribution in [3.63, 3.8) is 0 Å². The highest BCUT2D eigenvalue weighted by Crippen LogP contribution is 2.23. The van der Waals surface area contributed by atoms with E-state index in [1.807, 2.05) is 42.5 Å². The maximum Gasteiger partial charge on any atom is 0.314 e. The first-order valence-corrected chi connectivity index (χ1v) is 6.12. The van der Waals surface area contributed by atoms with Gasteiger partial charge in [-0.1, -0.05) is 42.5 Å². The van der Waals surface area contributed by atoms with Crippen LogP contribution in [0.15, 0.2) is 36.4 Å². The zero-order chi connectivity index (χ0) is 13.4. The van der Waals surface area contributed by atoms with Gasteiger partial charge in [-0.3, -0.25) is 4.79 Å². The third-order valence-corrected chi connectivity index (χ3v) is 2.80. The summed E-state index contributed by atoms with van der Waals surface area (Å²) < 4.78 is 4.97. The lowest BCUT2D eigenvalue weighted by atomic mass is 9.87. The molecule has 0 aliphatic rings. The molecule has 1 rings (SSSR count). The number of rotatable bonds is 6. The summed E-state index contributed by atoms with van der Waals surface area (Å²) in [5.41, 5.74) is 0.211. The van der Waals surface area contributed by atoms with E-state index in [2.05, 4.69) is 0 Å². The Morgan fingerprint density at radius 1 is 1.39 bits per heavy atom. The average Bonchev–Trinajstić information content (AvgIpc) is 2.40. The molecule has 0 aliphatic heterocycles. The maximum atomic E-state index is 11.7. The van der Waals surface area contributed by atoms with E-state index < -0.39 is 5.41 Å². The largest absolute Gasteiger partial charge is 0.465 e. The summed E-state index contributed by atoms with van der Waals surface area (Å²) in [6, 6.07) is 9.83. The third kappa shape index (κ3) is 4.00. The molecule has 0 aromatic heterocycles. The first-order chi connectivity index (χ1) is 8.62. The third-order valence-electron chi connectivity index (χ3n) is 2.80. The first-order valence-electron chi connectivity index (χ1n) is 6.12. The van der Waals surface area contributed by atoms with Crippen LogP contribution < -0.4 is 0 Å². The van der Waals surface area contributed by atoms with Gasteiger partial charge in [-0.05, 0) is 25.8 Å². The van der Waals surface area contributed by atoms with Crippen LogP contribution in [0.1, 0.15) is 25.8 Å². The number of hydrogen-bond donors (Lipinski definition) is 1. The maximum absolute atomic E-state index is 11.7. The number of aliphatic hydroxyl groups excluding tert-OH is 1. The molecular formula is C15H20O3. The van der Waals surface area contributed by atoms with E-state index in [4.69, 9.17) is 4.74 Å². The molecule has 18 heavy (non-hydrogen) atoms. The molecule has 0 fully saturated rings. The highest BCUT2D eigenvalue weighted by Gasteiger charge is 2.32. The van der Waals surface area contributed by atoms with Gasteiger partial charge in [0.15, 0.2) is 0 Å². The molecule has 0 bridgehead atoms. The van der Waals surface area contributed by atoms with Gasteiger partial charge >= 0.3 is 5.97 Å². The van der Waals surface area contributed by atoms with Gasteiger partial charge in [0, 0.05) is 0 Å². The highest BCUT2D eigenvalue weighted by atomic mass is 16.5. The van der Waals surface area contributed by atoms with Gasteiger partial charge in [0.25, 0.3) is 0 Å². The van der Waals surface area contributed by atoms with Crippen LogP contribution in [0, 0.1) is 5.41 Å². The van der Waals surface area contributed by atoms with Crippen LogP contribution >= 0.6 is 0 Å². The zero-order valence-electron chi connectivity index (χ0n) is 10.9. The Morgan fingerprint density at radius 2 is 2.06 bits per heavy atom. The van der Waals surface area contributed by atoms with E-state index in [1.165, 1.54) is 0 Å². The summed E-state index contributed by atoms with van der Waals surface area (Å²) in [5, 5.41) is 9.34. The van der Waals surface area contributed by atoms with Crippen molar-refractivity contribution in [1.82, 2.24) is 0 Å². The molecule has 0 spiro atoms. The normalized spacial score (nSPS) is 14.4. The van der Waals surface area contributed by atoms with Gasteiger partial charge in [0.05, 0.1) is 18.6 Å². The molecule has 0 aliphatic carbocycles. The Labute approximate surface area is 108 Å². The fraction of sp³-hybridized carbons (Fsp3) is 0.400. The second kappa shape index (κ2) is 6.97. The van der Waals surface area contributed by atoms with Gasteiger partial charge in [0.1, 0.15) is 0 Å². The Balaban J connectivity index is 2.64. The van der Waals surface area contributed by atoms with Crippen LogP contribution in [-0.2, 0) is 9.53 Å². The van der Waals surface area contributed by atoms with E-state index in [1.54, 1.807) is 13.8 Å². The van der Waals surface area contributed by atoms with Crippen molar-refractivity contribution in [3.05, 3.63) is 42.0 Å².